The van der Waals surface area contributed by atoms with E-state index in [4.69, 9.17) is 16.7 Å². The van der Waals surface area contributed by atoms with E-state index < -0.39 is 17.8 Å². The molecule has 1 heterocycles. The first-order valence-corrected chi connectivity index (χ1v) is 5.08. The number of aliphatic hydroxyl groups is 1. The third-order valence-electron chi connectivity index (χ3n) is 2.07. The predicted octanol–water partition coefficient (Wildman–Crippen LogP) is 3.07. The maximum absolute atomic E-state index is 12.4. The van der Waals surface area contributed by atoms with Crippen LogP contribution >= 0.6 is 11.6 Å². The van der Waals surface area contributed by atoms with Crippen molar-refractivity contribution in [2.75, 3.05) is 0 Å². The number of alkyl halides is 3. The molecule has 0 aliphatic rings. The molecule has 0 unspecified atom stereocenters. The van der Waals surface area contributed by atoms with Crippen LogP contribution in [0.4, 0.5) is 13.2 Å². The molecule has 2 nitrogen and oxygen atoms in total. The Bertz CT molecular complexity index is 366. The van der Waals surface area contributed by atoms with Crippen LogP contribution in [0.1, 0.15) is 24.5 Å². The molecule has 1 atom stereocenters. The summed E-state index contributed by atoms with van der Waals surface area (Å²) in [7, 11) is 0. The molecule has 0 saturated heterocycles. The average molecular weight is 254 g/mol. The highest BCUT2D eigenvalue weighted by Crippen LogP contribution is 2.30. The second kappa shape index (κ2) is 5.01. The summed E-state index contributed by atoms with van der Waals surface area (Å²) in [5.74, 6) is 0. The van der Waals surface area contributed by atoms with Crippen molar-refractivity contribution in [3.8, 4) is 0 Å². The summed E-state index contributed by atoms with van der Waals surface area (Å²) in [5.41, 5.74) is -0.519. The van der Waals surface area contributed by atoms with Crippen molar-refractivity contribution < 1.29 is 18.3 Å². The predicted molar refractivity (Wildman–Crippen MR) is 54.3 cm³/mol. The quantitative estimate of drug-likeness (QED) is 0.840. The van der Waals surface area contributed by atoms with Crippen LogP contribution in [0.5, 0.6) is 0 Å². The zero-order valence-electron chi connectivity index (χ0n) is 8.55. The molecule has 0 aromatic carbocycles. The number of aliphatic hydroxyl groups excluding tert-OH is 1. The highest BCUT2D eigenvalue weighted by atomic mass is 35.5. The summed E-state index contributed by atoms with van der Waals surface area (Å²) < 4.78 is 37.1. The number of halogens is 4. The van der Waals surface area contributed by atoms with Crippen LogP contribution in [0, 0.1) is 0 Å². The molecule has 1 rings (SSSR count). The fraction of sp³-hybridized carbons (Fsp3) is 0.500. The minimum atomic E-state index is -4.42. The summed E-state index contributed by atoms with van der Waals surface area (Å²) in [5, 5.41) is 9.10. The topological polar surface area (TPSA) is 33.1 Å². The summed E-state index contributed by atoms with van der Waals surface area (Å²) >= 11 is 5.67. The molecule has 0 bridgehead atoms. The zero-order valence-corrected chi connectivity index (χ0v) is 9.31. The van der Waals surface area contributed by atoms with Crippen LogP contribution in [0.25, 0.3) is 0 Å². The van der Waals surface area contributed by atoms with Crippen molar-refractivity contribution in [2.45, 2.75) is 32.0 Å². The number of hydrogen-bond acceptors (Lipinski definition) is 2. The fourth-order valence-corrected chi connectivity index (χ4v) is 1.39. The number of rotatable bonds is 3. The van der Waals surface area contributed by atoms with Crippen molar-refractivity contribution >= 4 is 11.6 Å². The average Bonchev–Trinajstić information content (AvgIpc) is 2.14. The lowest BCUT2D eigenvalue weighted by Crippen LogP contribution is -2.08. The number of hydrogen-bond donors (Lipinski definition) is 1. The summed E-state index contributed by atoms with van der Waals surface area (Å²) in [6.45, 7) is 1.56. The lowest BCUT2D eigenvalue weighted by molar-refractivity contribution is -0.137. The summed E-state index contributed by atoms with van der Waals surface area (Å²) in [6, 6.07) is 0.970. The molecule has 16 heavy (non-hydrogen) atoms. The molecule has 0 saturated carbocycles. The van der Waals surface area contributed by atoms with Crippen LogP contribution in [-0.4, -0.2) is 16.2 Å². The smallest absolute Gasteiger partial charge is 0.393 e. The number of aryl methyl sites for hydroxylation is 1. The molecule has 0 aliphatic heterocycles. The molecule has 6 heteroatoms. The Morgan fingerprint density at radius 3 is 2.62 bits per heavy atom. The summed E-state index contributed by atoms with van der Waals surface area (Å²) in [6.07, 6.45) is -3.67. The minimum Gasteiger partial charge on any atom is -0.393 e. The van der Waals surface area contributed by atoms with Gasteiger partial charge in [0.25, 0.3) is 0 Å². The number of aromatic nitrogens is 1. The van der Waals surface area contributed by atoms with Gasteiger partial charge < -0.3 is 5.11 Å². The first-order chi connectivity index (χ1) is 7.30. The summed E-state index contributed by atoms with van der Waals surface area (Å²) in [4.78, 5) is 3.49. The molecule has 1 aromatic rings. The molecular weight excluding hydrogens is 243 g/mol. The SMILES string of the molecule is C[C@@H](O)CCc1cc(C(F)(F)F)cnc1Cl. The largest absolute Gasteiger partial charge is 0.417 e. The lowest BCUT2D eigenvalue weighted by Gasteiger charge is -2.10. The highest BCUT2D eigenvalue weighted by Gasteiger charge is 2.31. The van der Waals surface area contributed by atoms with Gasteiger partial charge in [-0.3, -0.25) is 0 Å². The van der Waals surface area contributed by atoms with Gasteiger partial charge in [-0.2, -0.15) is 13.2 Å². The van der Waals surface area contributed by atoms with Gasteiger partial charge in [0.1, 0.15) is 5.15 Å². The van der Waals surface area contributed by atoms with Crippen molar-refractivity contribution in [3.63, 3.8) is 0 Å². The van der Waals surface area contributed by atoms with E-state index in [2.05, 4.69) is 4.98 Å². The van der Waals surface area contributed by atoms with E-state index in [-0.39, 0.29) is 11.6 Å². The molecule has 0 amide bonds. The van der Waals surface area contributed by atoms with Crippen LogP contribution in [0.3, 0.4) is 0 Å². The molecule has 0 radical (unpaired) electrons. The van der Waals surface area contributed by atoms with E-state index in [0.29, 0.717) is 18.2 Å². The molecule has 90 valence electrons. The Morgan fingerprint density at radius 1 is 1.50 bits per heavy atom. The first kappa shape index (κ1) is 13.3. The van der Waals surface area contributed by atoms with Gasteiger partial charge in [-0.15, -0.1) is 0 Å². The van der Waals surface area contributed by atoms with Crippen LogP contribution in [0.2, 0.25) is 5.15 Å². The van der Waals surface area contributed by atoms with Crippen LogP contribution in [0.15, 0.2) is 12.3 Å². The molecule has 1 N–H and O–H groups in total. The fourth-order valence-electron chi connectivity index (χ4n) is 1.19. The number of pyridine rings is 1. The third kappa shape index (κ3) is 3.64. The van der Waals surface area contributed by atoms with Crippen molar-refractivity contribution in [2.24, 2.45) is 0 Å². The van der Waals surface area contributed by atoms with Gasteiger partial charge in [0, 0.05) is 6.20 Å². The normalized spacial score (nSPS) is 13.9. The highest BCUT2D eigenvalue weighted by molar-refractivity contribution is 6.30. The van der Waals surface area contributed by atoms with Gasteiger partial charge >= 0.3 is 6.18 Å². The lowest BCUT2D eigenvalue weighted by atomic mass is 10.1. The van der Waals surface area contributed by atoms with E-state index in [9.17, 15) is 13.2 Å². The Hall–Kier alpha value is -0.810. The maximum atomic E-state index is 12.4. The Kier molecular flexibility index (Phi) is 4.15. The zero-order chi connectivity index (χ0) is 12.3. The molecule has 0 fully saturated rings. The second-order valence-electron chi connectivity index (χ2n) is 3.56. The third-order valence-corrected chi connectivity index (χ3v) is 2.41. The van der Waals surface area contributed by atoms with Crippen LogP contribution in [-0.2, 0) is 12.6 Å². The molecule has 0 aliphatic carbocycles. The van der Waals surface area contributed by atoms with E-state index in [1.54, 1.807) is 6.92 Å². The van der Waals surface area contributed by atoms with Gasteiger partial charge in [0.05, 0.1) is 11.7 Å². The first-order valence-electron chi connectivity index (χ1n) is 4.70. The Labute approximate surface area is 96.1 Å². The Morgan fingerprint density at radius 2 is 2.12 bits per heavy atom. The monoisotopic (exact) mass is 253 g/mol. The van der Waals surface area contributed by atoms with E-state index in [1.165, 1.54) is 0 Å². The van der Waals surface area contributed by atoms with Gasteiger partial charge in [0.15, 0.2) is 0 Å². The second-order valence-corrected chi connectivity index (χ2v) is 3.92. The molecule has 0 spiro atoms. The molecular formula is C10H11ClF3NO. The maximum Gasteiger partial charge on any atom is 0.417 e. The van der Waals surface area contributed by atoms with Gasteiger partial charge in [-0.05, 0) is 31.4 Å². The van der Waals surface area contributed by atoms with Gasteiger partial charge in [-0.25, -0.2) is 4.98 Å². The van der Waals surface area contributed by atoms with Crippen molar-refractivity contribution in [1.82, 2.24) is 4.98 Å². The van der Waals surface area contributed by atoms with E-state index in [1.807, 2.05) is 0 Å². The van der Waals surface area contributed by atoms with Crippen molar-refractivity contribution in [3.05, 3.63) is 28.5 Å². The van der Waals surface area contributed by atoms with E-state index in [0.717, 1.165) is 6.07 Å². The van der Waals surface area contributed by atoms with E-state index >= 15 is 0 Å². The van der Waals surface area contributed by atoms with Gasteiger partial charge in [0.2, 0.25) is 0 Å². The van der Waals surface area contributed by atoms with Crippen LogP contribution < -0.4 is 0 Å². The standard InChI is InChI=1S/C10H11ClF3NO/c1-6(16)2-3-7-4-8(10(12,13)14)5-15-9(7)11/h4-6,16H,2-3H2,1H3/t6-/m1/s1. The minimum absolute atomic E-state index is 0.0497. The number of nitrogens with zero attached hydrogens (tertiary/aromatic N) is 1. The molecule has 1 aromatic heterocycles. The Balaban J connectivity index is 2.91. The van der Waals surface area contributed by atoms with Gasteiger partial charge in [-0.1, -0.05) is 11.6 Å². The van der Waals surface area contributed by atoms with Crippen molar-refractivity contribution in [1.29, 1.82) is 0 Å².